The van der Waals surface area contributed by atoms with Crippen molar-refractivity contribution in [3.8, 4) is 11.4 Å². The molecule has 2 heterocycles. The number of amides is 1. The summed E-state index contributed by atoms with van der Waals surface area (Å²) < 4.78 is 61.9. The number of ether oxygens (including phenoxy) is 1. The minimum atomic E-state index is -4.39. The van der Waals surface area contributed by atoms with Crippen molar-refractivity contribution in [2.45, 2.75) is 24.8 Å². The van der Waals surface area contributed by atoms with E-state index in [9.17, 15) is 27.1 Å². The van der Waals surface area contributed by atoms with Crippen LogP contribution < -0.4 is 10.2 Å². The molecule has 1 aliphatic heterocycles. The lowest BCUT2D eigenvalue weighted by Crippen LogP contribution is -2.37. The van der Waals surface area contributed by atoms with Crippen LogP contribution in [0, 0.1) is 0 Å². The number of aromatic nitrogens is 2. The molecule has 0 spiro atoms. The average molecular weight is 475 g/mol. The van der Waals surface area contributed by atoms with E-state index >= 15 is 0 Å². The summed E-state index contributed by atoms with van der Waals surface area (Å²) in [7, 11) is -2.82. The van der Waals surface area contributed by atoms with Gasteiger partial charge < -0.3 is 15.0 Å². The monoisotopic (exact) mass is 474 g/mol. The molecular weight excluding hydrogens is 449 g/mol. The Hall–Kier alpha value is -2.41. The summed E-state index contributed by atoms with van der Waals surface area (Å²) >= 11 is 0. The zero-order chi connectivity index (χ0) is 23.4. The van der Waals surface area contributed by atoms with Crippen LogP contribution in [0.1, 0.15) is 18.5 Å². The Kier molecular flexibility index (Phi) is 7.59. The van der Waals surface area contributed by atoms with Gasteiger partial charge in [-0.2, -0.15) is 23.8 Å². The lowest BCUT2D eigenvalue weighted by atomic mass is 10.2. The molecule has 0 saturated carbocycles. The van der Waals surface area contributed by atoms with Gasteiger partial charge in [-0.1, -0.05) is 0 Å². The summed E-state index contributed by atoms with van der Waals surface area (Å²) in [6.07, 6.45) is -4.87. The molecule has 0 radical (unpaired) electrons. The van der Waals surface area contributed by atoms with Gasteiger partial charge >= 0.3 is 6.18 Å². The Morgan fingerprint density at radius 1 is 1.19 bits per heavy atom. The van der Waals surface area contributed by atoms with Crippen molar-refractivity contribution in [2.24, 2.45) is 0 Å². The molecule has 1 fully saturated rings. The Morgan fingerprint density at radius 3 is 2.44 bits per heavy atom. The summed E-state index contributed by atoms with van der Waals surface area (Å²) in [5.41, 5.74) is 1.44. The smallest absolute Gasteiger partial charge is 0.378 e. The Bertz CT molecular complexity index is 930. The molecule has 0 unspecified atom stereocenters. The number of benzene rings is 1. The molecule has 12 heteroatoms. The number of carbonyl (C=O) groups is 1. The summed E-state index contributed by atoms with van der Waals surface area (Å²) in [4.78, 5) is 22.8. The van der Waals surface area contributed by atoms with E-state index in [1.807, 2.05) is 4.90 Å². The quantitative estimate of drug-likeness (QED) is 0.554. The van der Waals surface area contributed by atoms with E-state index < -0.39 is 35.5 Å². The van der Waals surface area contributed by atoms with Gasteiger partial charge in [0.15, 0.2) is 5.82 Å². The molecule has 0 atom stereocenters. The second-order valence-electron chi connectivity index (χ2n) is 7.52. The van der Waals surface area contributed by atoms with Crippen LogP contribution in [0.4, 0.5) is 24.7 Å². The predicted molar refractivity (Wildman–Crippen MR) is 117 cm³/mol. The molecule has 1 amide bonds. The van der Waals surface area contributed by atoms with E-state index in [0.29, 0.717) is 54.9 Å². The van der Waals surface area contributed by atoms with E-state index in [1.165, 1.54) is 6.26 Å². The topological polar surface area (TPSA) is 108 Å². The highest BCUT2D eigenvalue weighted by molar-refractivity contribution is 8.23. The van der Waals surface area contributed by atoms with E-state index in [4.69, 9.17) is 4.74 Å². The second-order valence-corrected chi connectivity index (χ2v) is 9.80. The van der Waals surface area contributed by atoms with Gasteiger partial charge in [0.2, 0.25) is 5.91 Å². The van der Waals surface area contributed by atoms with Crippen LogP contribution in [0.25, 0.3) is 11.4 Å². The molecule has 1 saturated heterocycles. The Labute approximate surface area is 185 Å². The Balaban J connectivity index is 1.79. The standard InChI is InChI=1S/C20H25F3N4O4S/c1-32(29,30)13-16-12-17(27-8-10-31-11-9-27)26-19(25-16)14-2-4-15(5-3-14)24-18(28)6-7-20(21,22)23/h2-5,12,29-30H,6-11,13H2,1H3,(H,24,28). The number of anilines is 2. The molecular formula is C20H25F3N4O4S. The van der Waals surface area contributed by atoms with E-state index in [2.05, 4.69) is 15.3 Å². The highest BCUT2D eigenvalue weighted by Gasteiger charge is 2.27. The van der Waals surface area contributed by atoms with Crippen molar-refractivity contribution in [3.63, 3.8) is 0 Å². The molecule has 8 nitrogen and oxygen atoms in total. The normalized spacial score (nSPS) is 15.5. The third kappa shape index (κ3) is 7.62. The van der Waals surface area contributed by atoms with Gasteiger partial charge in [-0.05, 0) is 24.3 Å². The first-order chi connectivity index (χ1) is 15.0. The van der Waals surface area contributed by atoms with Gasteiger partial charge in [-0.25, -0.2) is 9.97 Å². The first-order valence-corrected chi connectivity index (χ1v) is 12.0. The number of hydrogen-bond donors (Lipinski definition) is 3. The largest absolute Gasteiger partial charge is 0.389 e. The zero-order valence-corrected chi connectivity index (χ0v) is 18.2. The maximum absolute atomic E-state index is 12.3. The maximum atomic E-state index is 12.3. The van der Waals surface area contributed by atoms with Crippen molar-refractivity contribution in [1.82, 2.24) is 9.97 Å². The van der Waals surface area contributed by atoms with Crippen LogP contribution in [-0.4, -0.2) is 63.7 Å². The number of hydrogen-bond acceptors (Lipinski definition) is 7. The predicted octanol–water partition coefficient (Wildman–Crippen LogP) is 4.14. The van der Waals surface area contributed by atoms with E-state index in [1.54, 1.807) is 30.3 Å². The first kappa shape index (κ1) is 24.2. The van der Waals surface area contributed by atoms with Crippen molar-refractivity contribution in [1.29, 1.82) is 0 Å². The van der Waals surface area contributed by atoms with Crippen LogP contribution in [0.15, 0.2) is 30.3 Å². The minimum Gasteiger partial charge on any atom is -0.378 e. The fourth-order valence-electron chi connectivity index (χ4n) is 3.10. The van der Waals surface area contributed by atoms with Crippen molar-refractivity contribution < 1.29 is 31.8 Å². The highest BCUT2D eigenvalue weighted by Crippen LogP contribution is 2.38. The molecule has 0 bridgehead atoms. The van der Waals surface area contributed by atoms with Gasteiger partial charge in [0.25, 0.3) is 0 Å². The van der Waals surface area contributed by atoms with Crippen LogP contribution in [0.3, 0.4) is 0 Å². The summed E-state index contributed by atoms with van der Waals surface area (Å²) in [5.74, 6) is 0.257. The fraction of sp³-hybridized carbons (Fsp3) is 0.450. The lowest BCUT2D eigenvalue weighted by molar-refractivity contribution is -0.142. The zero-order valence-electron chi connectivity index (χ0n) is 17.4. The molecule has 176 valence electrons. The van der Waals surface area contributed by atoms with Crippen molar-refractivity contribution in [2.75, 3.05) is 42.8 Å². The number of halogens is 3. The second kappa shape index (κ2) is 10.0. The van der Waals surface area contributed by atoms with Crippen LogP contribution >= 0.6 is 10.6 Å². The van der Waals surface area contributed by atoms with Gasteiger partial charge in [0, 0.05) is 43.1 Å². The average Bonchev–Trinajstić information content (AvgIpc) is 2.71. The molecule has 3 N–H and O–H groups in total. The summed E-state index contributed by atoms with van der Waals surface area (Å²) in [5, 5.41) is 2.43. The number of morpholine rings is 1. The molecule has 2 aromatic rings. The van der Waals surface area contributed by atoms with Crippen molar-refractivity contribution in [3.05, 3.63) is 36.0 Å². The summed E-state index contributed by atoms with van der Waals surface area (Å²) in [6, 6.07) is 8.12. The van der Waals surface area contributed by atoms with Crippen LogP contribution in [0.2, 0.25) is 0 Å². The van der Waals surface area contributed by atoms with E-state index in [-0.39, 0.29) is 5.75 Å². The molecule has 1 aromatic heterocycles. The molecule has 0 aliphatic carbocycles. The van der Waals surface area contributed by atoms with Gasteiger partial charge in [-0.15, -0.1) is 0 Å². The summed E-state index contributed by atoms with van der Waals surface area (Å²) in [6.45, 7) is 2.39. The van der Waals surface area contributed by atoms with Gasteiger partial charge in [-0.3, -0.25) is 13.9 Å². The third-order valence-corrected chi connectivity index (χ3v) is 5.43. The Morgan fingerprint density at radius 2 is 1.84 bits per heavy atom. The van der Waals surface area contributed by atoms with Crippen LogP contribution in [0.5, 0.6) is 0 Å². The van der Waals surface area contributed by atoms with Crippen LogP contribution in [-0.2, 0) is 15.3 Å². The van der Waals surface area contributed by atoms with Gasteiger partial charge in [0.1, 0.15) is 5.82 Å². The van der Waals surface area contributed by atoms with Gasteiger partial charge in [0.05, 0.1) is 31.1 Å². The first-order valence-electron chi connectivity index (χ1n) is 9.87. The molecule has 1 aromatic carbocycles. The molecule has 1 aliphatic rings. The lowest BCUT2D eigenvalue weighted by Gasteiger charge is -2.30. The highest BCUT2D eigenvalue weighted by atomic mass is 32.3. The van der Waals surface area contributed by atoms with Crippen molar-refractivity contribution >= 4 is 28.0 Å². The number of nitrogens with zero attached hydrogens (tertiary/aromatic N) is 3. The molecule has 32 heavy (non-hydrogen) atoms. The number of nitrogens with one attached hydrogen (secondary N) is 1. The number of carbonyl (C=O) groups excluding carboxylic acids is 1. The SMILES string of the molecule is CS(O)(O)Cc1cc(N2CCOCC2)nc(-c2ccc(NC(=O)CCC(F)(F)F)cc2)n1. The maximum Gasteiger partial charge on any atom is 0.389 e. The molecule has 3 rings (SSSR count). The number of rotatable bonds is 7. The third-order valence-electron chi connectivity index (χ3n) is 4.58. The van der Waals surface area contributed by atoms with E-state index in [0.717, 1.165) is 0 Å². The minimum absolute atomic E-state index is 0.0206. The number of alkyl halides is 3. The fourth-order valence-corrected chi connectivity index (χ4v) is 3.81.